The second-order valence-corrected chi connectivity index (χ2v) is 6.90. The number of rotatable bonds is 7. The van der Waals surface area contributed by atoms with E-state index in [2.05, 4.69) is 10.6 Å². The molecule has 1 atom stereocenters. The highest BCUT2D eigenvalue weighted by atomic mass is 16.6. The van der Waals surface area contributed by atoms with Crippen LogP contribution >= 0.6 is 0 Å². The molecular formula is C22H26N2O5. The normalized spacial score (nSPS) is 11.3. The Bertz CT molecular complexity index is 883. The van der Waals surface area contributed by atoms with Crippen molar-refractivity contribution in [1.82, 2.24) is 0 Å². The van der Waals surface area contributed by atoms with Gasteiger partial charge in [0.25, 0.3) is 5.91 Å². The lowest BCUT2D eigenvalue weighted by Gasteiger charge is -2.16. The van der Waals surface area contributed by atoms with E-state index < -0.39 is 18.0 Å². The first kappa shape index (κ1) is 21.9. The largest absolute Gasteiger partial charge is 0.481 e. The van der Waals surface area contributed by atoms with E-state index in [0.29, 0.717) is 17.1 Å². The summed E-state index contributed by atoms with van der Waals surface area (Å²) < 4.78 is 10.7. The molecule has 2 aromatic rings. The molecule has 0 bridgehead atoms. The van der Waals surface area contributed by atoms with Gasteiger partial charge in [0.1, 0.15) is 5.75 Å². The Balaban J connectivity index is 1.86. The minimum Gasteiger partial charge on any atom is -0.481 e. The Morgan fingerprint density at radius 3 is 1.97 bits per heavy atom. The Morgan fingerprint density at radius 2 is 1.45 bits per heavy atom. The predicted octanol–water partition coefficient (Wildman–Crippen LogP) is 3.52. The molecule has 0 saturated heterocycles. The Morgan fingerprint density at radius 1 is 0.931 bits per heavy atom. The van der Waals surface area contributed by atoms with E-state index in [1.165, 1.54) is 13.8 Å². The van der Waals surface area contributed by atoms with Crippen LogP contribution in [0.25, 0.3) is 0 Å². The van der Waals surface area contributed by atoms with Crippen molar-refractivity contribution >= 4 is 29.2 Å². The van der Waals surface area contributed by atoms with Gasteiger partial charge in [-0.05, 0) is 63.1 Å². The molecule has 2 rings (SSSR count). The van der Waals surface area contributed by atoms with E-state index in [4.69, 9.17) is 9.47 Å². The molecule has 0 fully saturated rings. The van der Waals surface area contributed by atoms with Crippen molar-refractivity contribution in [1.29, 1.82) is 0 Å². The Hall–Kier alpha value is -3.35. The van der Waals surface area contributed by atoms with E-state index in [9.17, 15) is 14.4 Å². The number of carbonyl (C=O) groups is 3. The number of esters is 1. The second-order valence-electron chi connectivity index (χ2n) is 6.90. The van der Waals surface area contributed by atoms with Crippen LogP contribution in [0.15, 0.2) is 36.4 Å². The lowest BCUT2D eigenvalue weighted by molar-refractivity contribution is -0.155. The highest BCUT2D eigenvalue weighted by Gasteiger charge is 2.19. The summed E-state index contributed by atoms with van der Waals surface area (Å²) in [5.74, 6) is -0.633. The van der Waals surface area contributed by atoms with Gasteiger partial charge in [0, 0.05) is 18.3 Å². The van der Waals surface area contributed by atoms with Gasteiger partial charge in [-0.1, -0.05) is 17.7 Å². The molecule has 2 aromatic carbocycles. The van der Waals surface area contributed by atoms with Crippen LogP contribution in [-0.4, -0.2) is 30.5 Å². The molecule has 0 aliphatic carbocycles. The maximum atomic E-state index is 12.2. The molecule has 29 heavy (non-hydrogen) atoms. The van der Waals surface area contributed by atoms with Crippen molar-refractivity contribution in [2.45, 2.75) is 40.7 Å². The van der Waals surface area contributed by atoms with Gasteiger partial charge >= 0.3 is 5.97 Å². The monoisotopic (exact) mass is 398 g/mol. The van der Waals surface area contributed by atoms with Crippen molar-refractivity contribution in [2.24, 2.45) is 0 Å². The van der Waals surface area contributed by atoms with Crippen molar-refractivity contribution in [3.8, 4) is 5.75 Å². The molecule has 0 aliphatic rings. The maximum absolute atomic E-state index is 12.2. The molecule has 0 aromatic heterocycles. The fourth-order valence-electron chi connectivity index (χ4n) is 2.89. The van der Waals surface area contributed by atoms with Gasteiger partial charge in [-0.2, -0.15) is 0 Å². The number of hydrogen-bond acceptors (Lipinski definition) is 5. The van der Waals surface area contributed by atoms with Gasteiger partial charge in [-0.15, -0.1) is 0 Å². The van der Waals surface area contributed by atoms with Gasteiger partial charge in [0.15, 0.2) is 12.7 Å². The van der Waals surface area contributed by atoms with Crippen molar-refractivity contribution in [3.05, 3.63) is 53.1 Å². The Labute approximate surface area is 170 Å². The molecule has 2 amide bonds. The third-order valence-corrected chi connectivity index (χ3v) is 4.09. The lowest BCUT2D eigenvalue weighted by Crippen LogP contribution is -2.31. The first-order valence-electron chi connectivity index (χ1n) is 9.24. The number of carbonyl (C=O) groups excluding carboxylic acids is 3. The Kier molecular flexibility index (Phi) is 7.36. The number of anilines is 2. The zero-order chi connectivity index (χ0) is 21.6. The average Bonchev–Trinajstić information content (AvgIpc) is 2.61. The SMILES string of the molecule is CC(=O)Nc1ccc(NC(=O)[C@H](C)OC(=O)COc2c(C)cc(C)cc2C)cc1. The van der Waals surface area contributed by atoms with E-state index in [-0.39, 0.29) is 12.5 Å². The van der Waals surface area contributed by atoms with Gasteiger partial charge in [-0.3, -0.25) is 9.59 Å². The lowest BCUT2D eigenvalue weighted by atomic mass is 10.1. The van der Waals surface area contributed by atoms with Crippen LogP contribution in [0.1, 0.15) is 30.5 Å². The van der Waals surface area contributed by atoms with E-state index in [1.807, 2.05) is 32.9 Å². The van der Waals surface area contributed by atoms with Crippen LogP contribution in [0.2, 0.25) is 0 Å². The summed E-state index contributed by atoms with van der Waals surface area (Å²) in [6.07, 6.45) is -0.985. The number of benzene rings is 2. The van der Waals surface area contributed by atoms with Crippen molar-refractivity contribution < 1.29 is 23.9 Å². The highest BCUT2D eigenvalue weighted by Crippen LogP contribution is 2.24. The van der Waals surface area contributed by atoms with Gasteiger partial charge in [0.05, 0.1) is 0 Å². The molecule has 0 radical (unpaired) electrons. The molecule has 0 saturated carbocycles. The molecule has 2 N–H and O–H groups in total. The van der Waals surface area contributed by atoms with Crippen molar-refractivity contribution in [2.75, 3.05) is 17.2 Å². The van der Waals surface area contributed by atoms with Gasteiger partial charge in [-0.25, -0.2) is 4.79 Å². The van der Waals surface area contributed by atoms with Crippen LogP contribution in [-0.2, 0) is 19.1 Å². The number of aryl methyl sites for hydroxylation is 3. The molecule has 0 unspecified atom stereocenters. The van der Waals surface area contributed by atoms with E-state index in [1.54, 1.807) is 24.3 Å². The summed E-state index contributed by atoms with van der Waals surface area (Å²) >= 11 is 0. The predicted molar refractivity (Wildman–Crippen MR) is 111 cm³/mol. The highest BCUT2D eigenvalue weighted by molar-refractivity contribution is 5.95. The zero-order valence-corrected chi connectivity index (χ0v) is 17.3. The van der Waals surface area contributed by atoms with E-state index >= 15 is 0 Å². The molecular weight excluding hydrogens is 372 g/mol. The molecule has 0 spiro atoms. The first-order chi connectivity index (χ1) is 13.7. The third kappa shape index (κ3) is 6.64. The fraction of sp³-hybridized carbons (Fsp3) is 0.318. The average molecular weight is 398 g/mol. The van der Waals surface area contributed by atoms with Crippen LogP contribution in [0, 0.1) is 20.8 Å². The van der Waals surface area contributed by atoms with Crippen LogP contribution in [0.5, 0.6) is 5.75 Å². The van der Waals surface area contributed by atoms with Gasteiger partial charge in [0.2, 0.25) is 5.91 Å². The third-order valence-electron chi connectivity index (χ3n) is 4.09. The number of hydrogen-bond donors (Lipinski definition) is 2. The summed E-state index contributed by atoms with van der Waals surface area (Å²) in [7, 11) is 0. The summed E-state index contributed by atoms with van der Waals surface area (Å²) in [5, 5.41) is 5.29. The van der Waals surface area contributed by atoms with Crippen LogP contribution < -0.4 is 15.4 Å². The summed E-state index contributed by atoms with van der Waals surface area (Å²) in [5.41, 5.74) is 4.13. The minimum atomic E-state index is -0.985. The summed E-state index contributed by atoms with van der Waals surface area (Å²) in [6.45, 7) is 8.43. The number of nitrogens with one attached hydrogen (secondary N) is 2. The number of amides is 2. The summed E-state index contributed by atoms with van der Waals surface area (Å²) in [6, 6.07) is 10.6. The second kappa shape index (κ2) is 9.73. The molecule has 154 valence electrons. The minimum absolute atomic E-state index is 0.180. The standard InChI is InChI=1S/C22H26N2O5/c1-13-10-14(2)21(15(3)11-13)28-12-20(26)29-16(4)22(27)24-19-8-6-18(7-9-19)23-17(5)25/h6-11,16H,12H2,1-5H3,(H,23,25)(H,24,27)/t16-/m0/s1. The summed E-state index contributed by atoms with van der Waals surface area (Å²) in [4.78, 5) is 35.3. The van der Waals surface area contributed by atoms with Crippen LogP contribution in [0.4, 0.5) is 11.4 Å². The quantitative estimate of drug-likeness (QED) is 0.696. The van der Waals surface area contributed by atoms with Crippen molar-refractivity contribution in [3.63, 3.8) is 0 Å². The van der Waals surface area contributed by atoms with Gasteiger partial charge < -0.3 is 20.1 Å². The van der Waals surface area contributed by atoms with Crippen LogP contribution in [0.3, 0.4) is 0 Å². The molecule has 0 heterocycles. The molecule has 7 nitrogen and oxygen atoms in total. The topological polar surface area (TPSA) is 93.7 Å². The fourth-order valence-corrected chi connectivity index (χ4v) is 2.89. The van der Waals surface area contributed by atoms with E-state index in [0.717, 1.165) is 16.7 Å². The smallest absolute Gasteiger partial charge is 0.344 e. The first-order valence-corrected chi connectivity index (χ1v) is 9.24. The zero-order valence-electron chi connectivity index (χ0n) is 17.3. The molecule has 7 heteroatoms. The molecule has 0 aliphatic heterocycles. The maximum Gasteiger partial charge on any atom is 0.344 e. The number of ether oxygens (including phenoxy) is 2.